The van der Waals surface area contributed by atoms with Crippen molar-refractivity contribution in [2.75, 3.05) is 11.9 Å². The smallest absolute Gasteiger partial charge is 0.262 e. The largest absolute Gasteiger partial charge is 0.484 e. The van der Waals surface area contributed by atoms with Gasteiger partial charge < -0.3 is 15.8 Å². The number of rotatable bonds is 5. The van der Waals surface area contributed by atoms with E-state index in [2.05, 4.69) is 42.0 Å². The van der Waals surface area contributed by atoms with Gasteiger partial charge in [-0.2, -0.15) is 0 Å². The molecule has 1 aliphatic carbocycles. The molecular formula is C21H25BrN2O3S. The molecule has 1 atom stereocenters. The maximum atomic E-state index is 12.4. The number of carbonyl (C=O) groups excluding carboxylic acids is 2. The standard InChI is InChI=1S/C21H25BrN2O3S/c1-21(2,3)12-4-9-15-16(10-12)28-20(18(15)19(23)26)24-17(25)11-27-14-7-5-13(22)6-8-14/h5-8,12H,4,9-11H2,1-3H3,(H2,23,26)(H,24,25)/t12-/m1/s1. The van der Waals surface area contributed by atoms with E-state index in [1.165, 1.54) is 11.3 Å². The number of carbonyl (C=O) groups is 2. The van der Waals surface area contributed by atoms with Crippen LogP contribution < -0.4 is 15.8 Å². The van der Waals surface area contributed by atoms with Gasteiger partial charge in [-0.1, -0.05) is 36.7 Å². The molecule has 0 saturated heterocycles. The van der Waals surface area contributed by atoms with E-state index in [4.69, 9.17) is 10.5 Å². The molecule has 0 aliphatic heterocycles. The van der Waals surface area contributed by atoms with Gasteiger partial charge in [0, 0.05) is 9.35 Å². The Morgan fingerprint density at radius 1 is 1.29 bits per heavy atom. The lowest BCUT2D eigenvalue weighted by Crippen LogP contribution is -2.27. The number of anilines is 1. The molecule has 7 heteroatoms. The van der Waals surface area contributed by atoms with Gasteiger partial charge in [-0.05, 0) is 60.4 Å². The second-order valence-corrected chi connectivity index (χ2v) is 10.2. The van der Waals surface area contributed by atoms with Crippen LogP contribution in [-0.2, 0) is 17.6 Å². The predicted octanol–water partition coefficient (Wildman–Crippen LogP) is 4.78. The molecule has 2 amide bonds. The fourth-order valence-corrected chi connectivity index (χ4v) is 5.13. The molecule has 5 nitrogen and oxygen atoms in total. The predicted molar refractivity (Wildman–Crippen MR) is 116 cm³/mol. The van der Waals surface area contributed by atoms with Crippen LogP contribution in [0.5, 0.6) is 5.75 Å². The van der Waals surface area contributed by atoms with Crippen molar-refractivity contribution in [1.29, 1.82) is 0 Å². The highest BCUT2D eigenvalue weighted by atomic mass is 79.9. The molecule has 3 rings (SSSR count). The lowest BCUT2D eigenvalue weighted by atomic mass is 9.72. The molecule has 0 radical (unpaired) electrons. The minimum atomic E-state index is -0.490. The highest BCUT2D eigenvalue weighted by Crippen LogP contribution is 2.44. The SMILES string of the molecule is CC(C)(C)[C@@H]1CCc2c(sc(NC(=O)COc3ccc(Br)cc3)c2C(N)=O)C1. The first kappa shape index (κ1) is 20.9. The normalized spacial score (nSPS) is 16.4. The van der Waals surface area contributed by atoms with E-state index < -0.39 is 5.91 Å². The second kappa shape index (κ2) is 8.25. The molecule has 150 valence electrons. The van der Waals surface area contributed by atoms with Crippen LogP contribution in [-0.4, -0.2) is 18.4 Å². The molecule has 1 aromatic heterocycles. The van der Waals surface area contributed by atoms with Crippen molar-refractivity contribution in [2.24, 2.45) is 17.1 Å². The lowest BCUT2D eigenvalue weighted by Gasteiger charge is -2.33. The van der Waals surface area contributed by atoms with Gasteiger partial charge in [-0.15, -0.1) is 11.3 Å². The van der Waals surface area contributed by atoms with E-state index in [9.17, 15) is 9.59 Å². The quantitative estimate of drug-likeness (QED) is 0.667. The first-order valence-corrected chi connectivity index (χ1v) is 10.9. The zero-order valence-corrected chi connectivity index (χ0v) is 18.7. The number of nitrogens with one attached hydrogen (secondary N) is 1. The van der Waals surface area contributed by atoms with Crippen molar-refractivity contribution >= 4 is 44.1 Å². The molecule has 2 aromatic rings. The molecule has 0 saturated carbocycles. The first-order valence-electron chi connectivity index (χ1n) is 9.27. The number of thiophene rings is 1. The van der Waals surface area contributed by atoms with E-state index in [1.807, 2.05) is 12.1 Å². The number of hydrogen-bond acceptors (Lipinski definition) is 4. The molecule has 3 N–H and O–H groups in total. The molecule has 1 aliphatic rings. The Morgan fingerprint density at radius 2 is 1.96 bits per heavy atom. The van der Waals surface area contributed by atoms with Crippen LogP contribution in [0.1, 0.15) is 48.0 Å². The molecule has 1 aromatic carbocycles. The molecule has 0 spiro atoms. The summed E-state index contributed by atoms with van der Waals surface area (Å²) in [6.45, 7) is 6.60. The van der Waals surface area contributed by atoms with Crippen LogP contribution in [0.15, 0.2) is 28.7 Å². The second-order valence-electron chi connectivity index (χ2n) is 8.17. The topological polar surface area (TPSA) is 81.4 Å². The summed E-state index contributed by atoms with van der Waals surface area (Å²) in [5.41, 5.74) is 7.31. The molecular weight excluding hydrogens is 440 g/mol. The van der Waals surface area contributed by atoms with Gasteiger partial charge in [-0.25, -0.2) is 0 Å². The summed E-state index contributed by atoms with van der Waals surface area (Å²) in [6, 6.07) is 7.25. The minimum Gasteiger partial charge on any atom is -0.484 e. The highest BCUT2D eigenvalue weighted by Gasteiger charge is 2.33. The Balaban J connectivity index is 1.73. The molecule has 0 unspecified atom stereocenters. The summed E-state index contributed by atoms with van der Waals surface area (Å²) in [4.78, 5) is 25.6. The number of benzene rings is 1. The fourth-order valence-electron chi connectivity index (χ4n) is 3.52. The van der Waals surface area contributed by atoms with Gasteiger partial charge in [0.25, 0.3) is 11.8 Å². The highest BCUT2D eigenvalue weighted by molar-refractivity contribution is 9.10. The zero-order valence-electron chi connectivity index (χ0n) is 16.3. The Morgan fingerprint density at radius 3 is 2.57 bits per heavy atom. The van der Waals surface area contributed by atoms with Crippen LogP contribution in [0.25, 0.3) is 0 Å². The Kier molecular flexibility index (Phi) is 6.15. The van der Waals surface area contributed by atoms with Gasteiger partial charge >= 0.3 is 0 Å². The Bertz CT molecular complexity index is 884. The minimum absolute atomic E-state index is 0.132. The third-order valence-corrected chi connectivity index (χ3v) is 6.87. The van der Waals surface area contributed by atoms with Crippen molar-refractivity contribution in [3.63, 3.8) is 0 Å². The van der Waals surface area contributed by atoms with Gasteiger partial charge in [0.15, 0.2) is 6.61 Å². The number of fused-ring (bicyclic) bond motifs is 1. The maximum absolute atomic E-state index is 12.4. The first-order chi connectivity index (χ1) is 13.1. The monoisotopic (exact) mass is 464 g/mol. The number of amides is 2. The summed E-state index contributed by atoms with van der Waals surface area (Å²) in [5.74, 6) is 0.350. The summed E-state index contributed by atoms with van der Waals surface area (Å²) in [6.07, 6.45) is 2.75. The van der Waals surface area contributed by atoms with Crippen LogP contribution >= 0.6 is 27.3 Å². The summed E-state index contributed by atoms with van der Waals surface area (Å²) < 4.78 is 6.45. The number of primary amides is 1. The van der Waals surface area contributed by atoms with Crippen molar-refractivity contribution < 1.29 is 14.3 Å². The van der Waals surface area contributed by atoms with Crippen LogP contribution in [0.4, 0.5) is 5.00 Å². The molecule has 28 heavy (non-hydrogen) atoms. The number of nitrogens with two attached hydrogens (primary N) is 1. The van der Waals surface area contributed by atoms with Crippen molar-refractivity contribution in [2.45, 2.75) is 40.0 Å². The van der Waals surface area contributed by atoms with E-state index >= 15 is 0 Å². The molecule has 0 bridgehead atoms. The van der Waals surface area contributed by atoms with Gasteiger partial charge in [0.1, 0.15) is 10.8 Å². The average Bonchev–Trinajstić information content (AvgIpc) is 2.97. The van der Waals surface area contributed by atoms with Crippen LogP contribution in [0, 0.1) is 11.3 Å². The molecule has 1 heterocycles. The number of ether oxygens (including phenoxy) is 1. The van der Waals surface area contributed by atoms with Gasteiger partial charge in [0.2, 0.25) is 0 Å². The number of hydrogen-bond donors (Lipinski definition) is 2. The summed E-state index contributed by atoms with van der Waals surface area (Å²) in [5, 5.41) is 3.37. The number of halogens is 1. The van der Waals surface area contributed by atoms with Gasteiger partial charge in [-0.3, -0.25) is 9.59 Å². The third-order valence-electron chi connectivity index (χ3n) is 5.17. The Hall–Kier alpha value is -1.86. The molecule has 0 fully saturated rings. The Labute approximate surface area is 177 Å². The van der Waals surface area contributed by atoms with Gasteiger partial charge in [0.05, 0.1) is 5.56 Å². The lowest BCUT2D eigenvalue weighted by molar-refractivity contribution is -0.118. The summed E-state index contributed by atoms with van der Waals surface area (Å²) >= 11 is 4.83. The third kappa shape index (κ3) is 4.75. The van der Waals surface area contributed by atoms with E-state index in [0.29, 0.717) is 22.2 Å². The maximum Gasteiger partial charge on any atom is 0.262 e. The van der Waals surface area contributed by atoms with Crippen molar-refractivity contribution in [1.82, 2.24) is 0 Å². The fraction of sp³-hybridized carbons (Fsp3) is 0.429. The van der Waals surface area contributed by atoms with Crippen LogP contribution in [0.2, 0.25) is 0 Å². The van der Waals surface area contributed by atoms with E-state index in [-0.39, 0.29) is 17.9 Å². The zero-order chi connectivity index (χ0) is 20.5. The van der Waals surface area contributed by atoms with E-state index in [1.54, 1.807) is 12.1 Å². The summed E-state index contributed by atoms with van der Waals surface area (Å²) in [7, 11) is 0. The van der Waals surface area contributed by atoms with Crippen molar-refractivity contribution in [3.8, 4) is 5.75 Å². The average molecular weight is 465 g/mol. The van der Waals surface area contributed by atoms with Crippen molar-refractivity contribution in [3.05, 3.63) is 44.7 Å². The van der Waals surface area contributed by atoms with Crippen LogP contribution in [0.3, 0.4) is 0 Å². The van der Waals surface area contributed by atoms with E-state index in [0.717, 1.165) is 34.2 Å².